The molecule has 0 spiro atoms. The highest BCUT2D eigenvalue weighted by molar-refractivity contribution is 7.89. The van der Waals surface area contributed by atoms with Crippen molar-refractivity contribution in [1.29, 1.82) is 0 Å². The molecular formula is C27H27N5O5S2. The van der Waals surface area contributed by atoms with Crippen LogP contribution in [0.15, 0.2) is 77.8 Å². The first-order valence-electron chi connectivity index (χ1n) is 12.5. The molecule has 1 aliphatic heterocycles. The Balaban J connectivity index is 1.36. The normalized spacial score (nSPS) is 14.3. The van der Waals surface area contributed by atoms with Gasteiger partial charge in [-0.1, -0.05) is 29.5 Å². The van der Waals surface area contributed by atoms with Crippen LogP contribution in [0.3, 0.4) is 0 Å². The van der Waals surface area contributed by atoms with E-state index in [1.54, 1.807) is 18.0 Å². The summed E-state index contributed by atoms with van der Waals surface area (Å²) in [5.41, 5.74) is 1.82. The van der Waals surface area contributed by atoms with Crippen LogP contribution in [0, 0.1) is 0 Å². The summed E-state index contributed by atoms with van der Waals surface area (Å²) in [4.78, 5) is 37.8. The SMILES string of the molecule is CCOC(=O)N1CCN(S(=O)(=O)c2ccc(C(=O)N(Cc3ccccn3)c3nc4ccccc4s3)cc2)CC1. The molecular weight excluding hydrogens is 538 g/mol. The van der Waals surface area contributed by atoms with Crippen LogP contribution < -0.4 is 4.90 Å². The van der Waals surface area contributed by atoms with E-state index in [1.807, 2.05) is 42.5 Å². The van der Waals surface area contributed by atoms with Gasteiger partial charge >= 0.3 is 6.09 Å². The van der Waals surface area contributed by atoms with Crippen molar-refractivity contribution in [2.24, 2.45) is 0 Å². The number of thiazole rings is 1. The van der Waals surface area contributed by atoms with Gasteiger partial charge in [-0.2, -0.15) is 4.31 Å². The summed E-state index contributed by atoms with van der Waals surface area (Å²) in [6.45, 7) is 3.03. The first-order chi connectivity index (χ1) is 18.9. The predicted molar refractivity (Wildman–Crippen MR) is 148 cm³/mol. The second kappa shape index (κ2) is 11.5. The van der Waals surface area contributed by atoms with Crippen LogP contribution >= 0.6 is 11.3 Å². The Labute approximate surface area is 230 Å². The summed E-state index contributed by atoms with van der Waals surface area (Å²) >= 11 is 1.41. The standard InChI is InChI=1S/C27H27N5O5S2/c1-2-37-27(34)30-15-17-31(18-16-30)39(35,36)22-12-10-20(11-13-22)25(33)32(19-21-7-5-6-14-28-21)26-29-23-8-3-4-9-24(23)38-26/h3-14H,2,15-19H2,1H3. The minimum absolute atomic E-state index is 0.0832. The van der Waals surface area contributed by atoms with Crippen molar-refractivity contribution in [1.82, 2.24) is 19.2 Å². The Morgan fingerprint density at radius 3 is 2.36 bits per heavy atom. The number of para-hydroxylation sites is 1. The van der Waals surface area contributed by atoms with Gasteiger partial charge in [0.2, 0.25) is 10.0 Å². The highest BCUT2D eigenvalue weighted by Gasteiger charge is 2.31. The fourth-order valence-electron chi connectivity index (χ4n) is 4.26. The lowest BCUT2D eigenvalue weighted by molar-refractivity contribution is 0.0933. The van der Waals surface area contributed by atoms with Gasteiger partial charge in [-0.15, -0.1) is 0 Å². The van der Waals surface area contributed by atoms with Gasteiger partial charge in [0.1, 0.15) is 0 Å². The fourth-order valence-corrected chi connectivity index (χ4v) is 6.64. The number of piperazine rings is 1. The van der Waals surface area contributed by atoms with Crippen LogP contribution in [0.25, 0.3) is 10.2 Å². The van der Waals surface area contributed by atoms with Crippen molar-refractivity contribution in [2.75, 3.05) is 37.7 Å². The number of hydrogen-bond donors (Lipinski definition) is 0. The Bertz CT molecular complexity index is 1530. The van der Waals surface area contributed by atoms with E-state index in [0.29, 0.717) is 16.4 Å². The number of sulfonamides is 1. The van der Waals surface area contributed by atoms with Crippen molar-refractivity contribution in [3.05, 3.63) is 84.2 Å². The molecule has 2 aromatic carbocycles. The van der Waals surface area contributed by atoms with E-state index >= 15 is 0 Å². The van der Waals surface area contributed by atoms with Gasteiger partial charge < -0.3 is 9.64 Å². The average molecular weight is 566 g/mol. The topological polar surface area (TPSA) is 113 Å². The molecule has 10 nitrogen and oxygen atoms in total. The van der Waals surface area contributed by atoms with E-state index in [-0.39, 0.29) is 50.1 Å². The van der Waals surface area contributed by atoms with Crippen LogP contribution in [0.1, 0.15) is 23.0 Å². The fraction of sp³-hybridized carbons (Fsp3) is 0.259. The molecule has 39 heavy (non-hydrogen) atoms. The number of amides is 2. The largest absolute Gasteiger partial charge is 0.450 e. The van der Waals surface area contributed by atoms with Gasteiger partial charge in [0, 0.05) is 37.9 Å². The molecule has 3 heterocycles. The Morgan fingerprint density at radius 1 is 0.974 bits per heavy atom. The zero-order valence-electron chi connectivity index (χ0n) is 21.3. The number of pyridine rings is 1. The van der Waals surface area contributed by atoms with Crippen LogP contribution in [0.5, 0.6) is 0 Å². The molecule has 5 rings (SSSR count). The lowest BCUT2D eigenvalue weighted by Crippen LogP contribution is -2.50. The molecule has 1 saturated heterocycles. The second-order valence-corrected chi connectivity index (χ2v) is 11.7. The first-order valence-corrected chi connectivity index (χ1v) is 14.7. The molecule has 4 aromatic rings. The molecule has 0 radical (unpaired) electrons. The first kappa shape index (κ1) is 26.7. The number of carbonyl (C=O) groups excluding carboxylic acids is 2. The quantitative estimate of drug-likeness (QED) is 0.333. The van der Waals surface area contributed by atoms with E-state index in [0.717, 1.165) is 10.2 Å². The van der Waals surface area contributed by atoms with Gasteiger partial charge in [-0.05, 0) is 55.5 Å². The van der Waals surface area contributed by atoms with Crippen molar-refractivity contribution in [2.45, 2.75) is 18.4 Å². The molecule has 2 amide bonds. The van der Waals surface area contributed by atoms with Gasteiger partial charge in [0.15, 0.2) is 5.13 Å². The molecule has 2 aromatic heterocycles. The lowest BCUT2D eigenvalue weighted by Gasteiger charge is -2.33. The van der Waals surface area contributed by atoms with Crippen molar-refractivity contribution in [3.63, 3.8) is 0 Å². The molecule has 1 aliphatic rings. The third kappa shape index (κ3) is 5.77. The van der Waals surface area contributed by atoms with Crippen LogP contribution in [-0.4, -0.2) is 72.4 Å². The van der Waals surface area contributed by atoms with E-state index in [9.17, 15) is 18.0 Å². The molecule has 202 valence electrons. The number of benzene rings is 2. The monoisotopic (exact) mass is 565 g/mol. The Hall–Kier alpha value is -3.87. The molecule has 0 aliphatic carbocycles. The number of nitrogens with zero attached hydrogens (tertiary/aromatic N) is 5. The minimum Gasteiger partial charge on any atom is -0.450 e. The Morgan fingerprint density at radius 2 is 1.69 bits per heavy atom. The maximum Gasteiger partial charge on any atom is 0.409 e. The number of ether oxygens (including phenoxy) is 1. The summed E-state index contributed by atoms with van der Waals surface area (Å²) in [6, 6.07) is 19.1. The summed E-state index contributed by atoms with van der Waals surface area (Å²) in [6.07, 6.45) is 1.23. The molecule has 12 heteroatoms. The molecule has 0 bridgehead atoms. The van der Waals surface area contributed by atoms with E-state index in [4.69, 9.17) is 4.74 Å². The lowest BCUT2D eigenvalue weighted by atomic mass is 10.2. The van der Waals surface area contributed by atoms with Gasteiger partial charge in [0.25, 0.3) is 5.91 Å². The number of rotatable bonds is 7. The smallest absolute Gasteiger partial charge is 0.409 e. The van der Waals surface area contributed by atoms with Crippen LogP contribution in [0.4, 0.5) is 9.93 Å². The zero-order chi connectivity index (χ0) is 27.4. The van der Waals surface area contributed by atoms with E-state index in [1.165, 1.54) is 44.8 Å². The molecule has 0 atom stereocenters. The third-order valence-corrected chi connectivity index (χ3v) is 9.28. The summed E-state index contributed by atoms with van der Waals surface area (Å²) < 4.78 is 33.8. The second-order valence-electron chi connectivity index (χ2n) is 8.79. The van der Waals surface area contributed by atoms with Gasteiger partial charge in [0.05, 0.1) is 34.0 Å². The number of aromatic nitrogens is 2. The predicted octanol–water partition coefficient (Wildman–Crippen LogP) is 4.00. The third-order valence-electron chi connectivity index (χ3n) is 6.31. The van der Waals surface area contributed by atoms with Gasteiger partial charge in [-0.25, -0.2) is 18.2 Å². The average Bonchev–Trinajstić information content (AvgIpc) is 3.40. The van der Waals surface area contributed by atoms with Crippen LogP contribution in [-0.2, 0) is 21.3 Å². The highest BCUT2D eigenvalue weighted by Crippen LogP contribution is 2.31. The Kier molecular flexibility index (Phi) is 7.87. The van der Waals surface area contributed by atoms with Gasteiger partial charge in [-0.3, -0.25) is 14.7 Å². The molecule has 0 unspecified atom stereocenters. The maximum absolute atomic E-state index is 13.7. The number of hydrogen-bond acceptors (Lipinski definition) is 8. The van der Waals surface area contributed by atoms with E-state index in [2.05, 4.69) is 9.97 Å². The zero-order valence-corrected chi connectivity index (χ0v) is 22.9. The maximum atomic E-state index is 13.7. The number of anilines is 1. The van der Waals surface area contributed by atoms with Crippen molar-refractivity contribution >= 4 is 48.7 Å². The summed E-state index contributed by atoms with van der Waals surface area (Å²) in [5.74, 6) is -0.313. The van der Waals surface area contributed by atoms with Crippen molar-refractivity contribution < 1.29 is 22.7 Å². The minimum atomic E-state index is -3.79. The van der Waals surface area contributed by atoms with E-state index < -0.39 is 16.1 Å². The molecule has 0 saturated carbocycles. The number of carbonyl (C=O) groups is 2. The summed E-state index contributed by atoms with van der Waals surface area (Å²) in [7, 11) is -3.79. The molecule has 0 N–H and O–H groups in total. The number of fused-ring (bicyclic) bond motifs is 1. The summed E-state index contributed by atoms with van der Waals surface area (Å²) in [5, 5.41) is 0.531. The van der Waals surface area contributed by atoms with Crippen LogP contribution in [0.2, 0.25) is 0 Å². The highest BCUT2D eigenvalue weighted by atomic mass is 32.2. The molecule has 1 fully saturated rings. The van der Waals surface area contributed by atoms with Crippen molar-refractivity contribution in [3.8, 4) is 0 Å².